The number of carbonyl (C=O) groups is 2. The Hall–Kier alpha value is -1.06. The first kappa shape index (κ1) is 13.0. The standard InChI is InChI=1S/C8H16N2O6/c9-1-6(14)10-4(2-11)7(15)8(16)5(13)3-12/h2,4-5,7-8,12-13,15-16H,1,3,9H2,(H,10,14)/t4-,5+,7+,8+/m0/s1/i/hD. The van der Waals surface area contributed by atoms with E-state index >= 15 is 0 Å². The first-order valence-corrected chi connectivity index (χ1v) is 4.52. The van der Waals surface area contributed by atoms with E-state index in [0.717, 1.165) is 0 Å². The summed E-state index contributed by atoms with van der Waals surface area (Å²) in [7, 11) is 0. The number of aliphatic hydroxyl groups excluding tert-OH is 4. The molecule has 8 heteroatoms. The van der Waals surface area contributed by atoms with Gasteiger partial charge in [0.2, 0.25) is 5.91 Å². The molecule has 0 aromatic rings. The van der Waals surface area contributed by atoms with E-state index < -0.39 is 43.4 Å². The van der Waals surface area contributed by atoms with Crippen molar-refractivity contribution in [1.29, 1.82) is 0 Å². The topological polar surface area (TPSA) is 153 Å². The molecule has 4 atom stereocenters. The van der Waals surface area contributed by atoms with Crippen molar-refractivity contribution in [2.24, 2.45) is 5.73 Å². The minimum atomic E-state index is -1.90. The predicted molar refractivity (Wildman–Crippen MR) is 52.2 cm³/mol. The molecule has 1 amide bonds. The first-order valence-electron chi connectivity index (χ1n) is 4.96. The molecule has 0 spiro atoms. The average Bonchev–Trinajstić information content (AvgIpc) is 2.36. The maximum atomic E-state index is 11.0. The van der Waals surface area contributed by atoms with Gasteiger partial charge in [0, 0.05) is 0 Å². The highest BCUT2D eigenvalue weighted by molar-refractivity contribution is 5.81. The van der Waals surface area contributed by atoms with Gasteiger partial charge in [-0.25, -0.2) is 0 Å². The van der Waals surface area contributed by atoms with E-state index in [1.165, 1.54) is 0 Å². The van der Waals surface area contributed by atoms with Crippen LogP contribution in [-0.2, 0) is 9.59 Å². The zero-order chi connectivity index (χ0) is 13.6. The quantitative estimate of drug-likeness (QED) is 0.245. The third-order valence-corrected chi connectivity index (χ3v) is 1.89. The van der Waals surface area contributed by atoms with Crippen molar-refractivity contribution in [3.63, 3.8) is 0 Å². The molecule has 0 saturated heterocycles. The summed E-state index contributed by atoms with van der Waals surface area (Å²) in [6.45, 7) is -1.38. The number of hydrogen-bond acceptors (Lipinski definition) is 7. The first-order chi connectivity index (χ1) is 7.90. The van der Waals surface area contributed by atoms with E-state index in [0.29, 0.717) is 0 Å². The highest BCUT2D eigenvalue weighted by Gasteiger charge is 2.31. The van der Waals surface area contributed by atoms with Crippen LogP contribution in [0.4, 0.5) is 0 Å². The molecule has 0 aliphatic carbocycles. The van der Waals surface area contributed by atoms with E-state index in [2.05, 4.69) is 0 Å². The molecule has 0 radical (unpaired) electrons. The lowest BCUT2D eigenvalue weighted by molar-refractivity contribution is -0.130. The Morgan fingerprint density at radius 3 is 2.38 bits per heavy atom. The number of nitrogens with two attached hydrogens (primary N) is 1. The number of rotatable bonds is 7. The molecule has 0 aliphatic heterocycles. The molecular weight excluding hydrogens is 220 g/mol. The number of nitrogens with one attached hydrogen (secondary N) is 1. The van der Waals surface area contributed by atoms with E-state index in [9.17, 15) is 19.8 Å². The monoisotopic (exact) mass is 237 g/mol. The largest absolute Gasteiger partial charge is 0.394 e. The molecule has 0 heterocycles. The molecule has 0 rings (SSSR count). The lowest BCUT2D eigenvalue weighted by Crippen LogP contribution is -2.54. The number of aldehydes is 1. The summed E-state index contributed by atoms with van der Waals surface area (Å²) in [5.41, 5.74) is 4.97. The number of amides is 1. The predicted octanol–water partition coefficient (Wildman–Crippen LogP) is -4.30. The fourth-order valence-corrected chi connectivity index (χ4v) is 0.944. The average molecular weight is 237 g/mol. The second-order valence-corrected chi connectivity index (χ2v) is 3.08. The second kappa shape index (κ2) is 7.25. The van der Waals surface area contributed by atoms with Gasteiger partial charge < -0.3 is 36.3 Å². The van der Waals surface area contributed by atoms with Gasteiger partial charge in [0.15, 0.2) is 1.41 Å². The van der Waals surface area contributed by atoms with Gasteiger partial charge >= 0.3 is 0 Å². The molecular formula is C8H16N2O6. The summed E-state index contributed by atoms with van der Waals surface area (Å²) in [5, 5.41) is 36.5. The van der Waals surface area contributed by atoms with Gasteiger partial charge in [-0.2, -0.15) is 0 Å². The summed E-state index contributed by atoms with van der Waals surface area (Å²) in [4.78, 5) is 21.7. The molecule has 0 aliphatic rings. The summed E-state index contributed by atoms with van der Waals surface area (Å²) < 4.78 is 7.21. The van der Waals surface area contributed by atoms with Crippen molar-refractivity contribution < 1.29 is 31.4 Å². The van der Waals surface area contributed by atoms with Crippen LogP contribution < -0.4 is 11.0 Å². The van der Waals surface area contributed by atoms with Gasteiger partial charge in [-0.15, -0.1) is 0 Å². The van der Waals surface area contributed by atoms with Crippen LogP contribution in [0.2, 0.25) is 1.41 Å². The second-order valence-electron chi connectivity index (χ2n) is 3.08. The fraction of sp³-hybridized carbons (Fsp3) is 0.750. The lowest BCUT2D eigenvalue weighted by Gasteiger charge is -2.26. The molecule has 0 saturated carbocycles. The Morgan fingerprint density at radius 2 is 2.00 bits per heavy atom. The highest BCUT2D eigenvalue weighted by atomic mass is 16.4. The molecule has 8 nitrogen and oxygen atoms in total. The Bertz CT molecular complexity index is 266. The Kier molecular flexibility index (Phi) is 5.90. The van der Waals surface area contributed by atoms with Crippen LogP contribution in [0.5, 0.6) is 0 Å². The molecule has 7 N–H and O–H groups in total. The minimum Gasteiger partial charge on any atom is -0.394 e. The number of hydrogen-bond donors (Lipinski definition) is 6. The van der Waals surface area contributed by atoms with E-state index in [1.807, 2.05) is 0 Å². The van der Waals surface area contributed by atoms with Crippen LogP contribution in [0.15, 0.2) is 0 Å². The zero-order valence-corrected chi connectivity index (χ0v) is 8.43. The Labute approximate surface area is 93.1 Å². The van der Waals surface area contributed by atoms with Gasteiger partial charge in [0.05, 0.1) is 13.2 Å². The van der Waals surface area contributed by atoms with Gasteiger partial charge in [-0.1, -0.05) is 0 Å². The van der Waals surface area contributed by atoms with E-state index in [4.69, 9.17) is 17.4 Å². The smallest absolute Gasteiger partial charge is 0.234 e. The molecule has 0 bridgehead atoms. The highest BCUT2D eigenvalue weighted by Crippen LogP contribution is 2.03. The van der Waals surface area contributed by atoms with E-state index in [1.54, 1.807) is 0 Å². The molecule has 16 heavy (non-hydrogen) atoms. The van der Waals surface area contributed by atoms with Crippen molar-refractivity contribution in [3.8, 4) is 0 Å². The van der Waals surface area contributed by atoms with Crippen LogP contribution in [0, 0.1) is 0 Å². The van der Waals surface area contributed by atoms with Crippen molar-refractivity contribution in [2.45, 2.75) is 24.4 Å². The minimum absolute atomic E-state index is 0.0680. The maximum Gasteiger partial charge on any atom is 0.234 e. The van der Waals surface area contributed by atoms with Gasteiger partial charge in [-0.3, -0.25) is 4.79 Å². The van der Waals surface area contributed by atoms with Crippen LogP contribution in [0.1, 0.15) is 0 Å². The number of aliphatic hydroxyl groups is 4. The SMILES string of the molecule is [2H]N(C(=O)CN)[C@@H](C=O)[C@@H](O)[C@H](O)[C@H](O)CO. The molecule has 94 valence electrons. The lowest BCUT2D eigenvalue weighted by atomic mass is 10.0. The van der Waals surface area contributed by atoms with Crippen LogP contribution in [0.3, 0.4) is 0 Å². The Morgan fingerprint density at radius 1 is 1.44 bits per heavy atom. The van der Waals surface area contributed by atoms with Gasteiger partial charge in [0.1, 0.15) is 30.6 Å². The molecule has 0 unspecified atom stereocenters. The summed E-state index contributed by atoms with van der Waals surface area (Å²) in [6, 6.07) is -1.68. The maximum absolute atomic E-state index is 11.0. The third-order valence-electron chi connectivity index (χ3n) is 1.89. The molecule has 0 fully saturated rings. The van der Waals surface area contributed by atoms with Crippen LogP contribution in [-0.4, -0.2) is 70.1 Å². The van der Waals surface area contributed by atoms with Crippen molar-refractivity contribution in [1.82, 2.24) is 5.31 Å². The number of carbonyl (C=O) groups excluding carboxylic acids is 2. The van der Waals surface area contributed by atoms with Crippen molar-refractivity contribution in [2.75, 3.05) is 13.2 Å². The summed E-state index contributed by atoms with van der Waals surface area (Å²) in [5.74, 6) is -0.938. The van der Waals surface area contributed by atoms with Gasteiger partial charge in [-0.05, 0) is 0 Å². The zero-order valence-electron chi connectivity index (χ0n) is 9.43. The van der Waals surface area contributed by atoms with Crippen molar-refractivity contribution in [3.05, 3.63) is 0 Å². The summed E-state index contributed by atoms with van der Waals surface area (Å²) >= 11 is 0. The fourth-order valence-electron chi connectivity index (χ4n) is 0.944. The summed E-state index contributed by atoms with van der Waals surface area (Å²) in [6.07, 6.45) is -5.39. The van der Waals surface area contributed by atoms with Crippen LogP contribution >= 0.6 is 0 Å². The third kappa shape index (κ3) is 4.21. The van der Waals surface area contributed by atoms with Crippen molar-refractivity contribution >= 4 is 12.2 Å². The molecule has 0 aromatic carbocycles. The van der Waals surface area contributed by atoms with Crippen LogP contribution in [0.25, 0.3) is 0 Å². The molecule has 0 aromatic heterocycles. The van der Waals surface area contributed by atoms with Gasteiger partial charge in [0.25, 0.3) is 0 Å². The van der Waals surface area contributed by atoms with E-state index in [-0.39, 0.29) is 11.6 Å². The Balaban J connectivity index is 4.76. The normalized spacial score (nSPS) is 19.2.